The van der Waals surface area contributed by atoms with E-state index in [1.807, 2.05) is 24.3 Å². The van der Waals surface area contributed by atoms with E-state index >= 15 is 0 Å². The van der Waals surface area contributed by atoms with Gasteiger partial charge in [-0.1, -0.05) is 41.9 Å². The first kappa shape index (κ1) is 14.7. The van der Waals surface area contributed by atoms with Crippen molar-refractivity contribution in [1.29, 1.82) is 0 Å². The molecule has 19 heavy (non-hydrogen) atoms. The fourth-order valence-electron chi connectivity index (χ4n) is 2.78. The van der Waals surface area contributed by atoms with Crippen LogP contribution in [0.25, 0.3) is 0 Å². The van der Waals surface area contributed by atoms with Gasteiger partial charge >= 0.3 is 0 Å². The lowest BCUT2D eigenvalue weighted by molar-refractivity contribution is 0.0896. The van der Waals surface area contributed by atoms with Gasteiger partial charge in [0.25, 0.3) is 0 Å². The second-order valence-electron chi connectivity index (χ2n) is 6.22. The lowest BCUT2D eigenvalue weighted by atomic mass is 9.84. The van der Waals surface area contributed by atoms with Crippen LogP contribution in [0.1, 0.15) is 43.5 Å². The van der Waals surface area contributed by atoms with Gasteiger partial charge < -0.3 is 4.90 Å². The van der Waals surface area contributed by atoms with Crippen LogP contribution < -0.4 is 0 Å². The number of rotatable bonds is 4. The van der Waals surface area contributed by atoms with E-state index in [9.17, 15) is 4.79 Å². The Morgan fingerprint density at radius 3 is 2.63 bits per heavy atom. The second kappa shape index (κ2) is 6.19. The summed E-state index contributed by atoms with van der Waals surface area (Å²) in [6, 6.07) is 7.65. The predicted molar refractivity (Wildman–Crippen MR) is 82.5 cm³/mol. The van der Waals surface area contributed by atoms with Crippen molar-refractivity contribution in [3.63, 3.8) is 0 Å². The largest absolute Gasteiger partial charge is 0.302 e. The van der Waals surface area contributed by atoms with E-state index < -0.39 is 0 Å². The molecule has 0 atom stereocenters. The number of ketones is 1. The number of benzene rings is 1. The molecular weight excluding hydrogens is 302 g/mol. The number of hydrogen-bond donors (Lipinski definition) is 0. The molecule has 0 N–H and O–H groups in total. The summed E-state index contributed by atoms with van der Waals surface area (Å²) < 4.78 is 1.02. The van der Waals surface area contributed by atoms with Gasteiger partial charge in [0, 0.05) is 29.5 Å². The Hall–Kier alpha value is -0.670. The maximum absolute atomic E-state index is 12.1. The summed E-state index contributed by atoms with van der Waals surface area (Å²) in [5, 5.41) is 0. The fourth-order valence-corrected chi connectivity index (χ4v) is 3.04. The molecule has 1 heterocycles. The second-order valence-corrected chi connectivity index (χ2v) is 7.14. The molecule has 2 nitrogen and oxygen atoms in total. The van der Waals surface area contributed by atoms with Gasteiger partial charge in [-0.3, -0.25) is 4.79 Å². The molecule has 0 aliphatic carbocycles. The molecule has 2 rings (SSSR count). The third-order valence-corrected chi connectivity index (χ3v) is 4.33. The molecule has 0 amide bonds. The van der Waals surface area contributed by atoms with Gasteiger partial charge in [0.1, 0.15) is 0 Å². The summed E-state index contributed by atoms with van der Waals surface area (Å²) >= 11 is 3.39. The lowest BCUT2D eigenvalue weighted by Crippen LogP contribution is -2.40. The molecule has 0 spiro atoms. The average Bonchev–Trinajstić information content (AvgIpc) is 2.36. The summed E-state index contributed by atoms with van der Waals surface area (Å²) in [6.45, 7) is 7.77. The summed E-state index contributed by atoms with van der Waals surface area (Å²) in [6.07, 6.45) is 3.17. The van der Waals surface area contributed by atoms with E-state index in [4.69, 9.17) is 0 Å². The third kappa shape index (κ3) is 4.43. The highest BCUT2D eigenvalue weighted by atomic mass is 79.9. The minimum Gasteiger partial charge on any atom is -0.302 e. The minimum atomic E-state index is 0.246. The molecule has 104 valence electrons. The first-order valence-corrected chi connectivity index (χ1v) is 7.77. The lowest BCUT2D eigenvalue weighted by Gasteiger charge is -2.37. The first-order valence-electron chi connectivity index (χ1n) is 6.97. The van der Waals surface area contributed by atoms with Crippen LogP contribution in [0.2, 0.25) is 0 Å². The Morgan fingerprint density at radius 1 is 1.32 bits per heavy atom. The number of piperidine rings is 1. The number of likely N-dealkylation sites (tertiary alicyclic amines) is 1. The van der Waals surface area contributed by atoms with Crippen LogP contribution in [0.5, 0.6) is 0 Å². The summed E-state index contributed by atoms with van der Waals surface area (Å²) in [5.74, 6) is 0.246. The number of Topliss-reactive ketones (excluding diaryl/α,β-unsaturated/α-hetero) is 1. The Bertz CT molecular complexity index is 439. The molecule has 1 aliphatic heterocycles. The Kier molecular flexibility index (Phi) is 4.80. The standard InChI is InChI=1S/C16H22BrNO/c1-16(2)9-3-10-18(12-16)11-8-15(19)13-4-6-14(17)7-5-13/h4-7H,3,8-12H2,1-2H3. The van der Waals surface area contributed by atoms with Crippen molar-refractivity contribution in [2.24, 2.45) is 5.41 Å². The molecule has 3 heteroatoms. The summed E-state index contributed by atoms with van der Waals surface area (Å²) in [5.41, 5.74) is 1.22. The SMILES string of the molecule is CC1(C)CCCN(CCC(=O)c2ccc(Br)cc2)C1. The van der Waals surface area contributed by atoms with Gasteiger partial charge in [0.2, 0.25) is 0 Å². The molecule has 0 saturated carbocycles. The molecule has 0 aromatic heterocycles. The van der Waals surface area contributed by atoms with Crippen molar-refractivity contribution in [2.45, 2.75) is 33.1 Å². The smallest absolute Gasteiger partial charge is 0.164 e. The van der Waals surface area contributed by atoms with Gasteiger partial charge in [-0.05, 0) is 36.9 Å². The van der Waals surface area contributed by atoms with Crippen LogP contribution >= 0.6 is 15.9 Å². The first-order chi connectivity index (χ1) is 8.96. The highest BCUT2D eigenvalue weighted by Crippen LogP contribution is 2.28. The van der Waals surface area contributed by atoms with Crippen molar-refractivity contribution >= 4 is 21.7 Å². The van der Waals surface area contributed by atoms with Crippen LogP contribution in [0, 0.1) is 5.41 Å². The number of hydrogen-bond acceptors (Lipinski definition) is 2. The van der Waals surface area contributed by atoms with Gasteiger partial charge in [0.05, 0.1) is 0 Å². The van der Waals surface area contributed by atoms with Crippen molar-refractivity contribution in [2.75, 3.05) is 19.6 Å². The molecule has 1 saturated heterocycles. The minimum absolute atomic E-state index is 0.246. The molecule has 0 unspecified atom stereocenters. The highest BCUT2D eigenvalue weighted by molar-refractivity contribution is 9.10. The summed E-state index contributed by atoms with van der Waals surface area (Å²) in [7, 11) is 0. The van der Waals surface area contributed by atoms with E-state index in [2.05, 4.69) is 34.7 Å². The number of nitrogens with zero attached hydrogens (tertiary/aromatic N) is 1. The van der Waals surface area contributed by atoms with Crippen molar-refractivity contribution in [3.05, 3.63) is 34.3 Å². The Morgan fingerprint density at radius 2 is 2.00 bits per heavy atom. The summed E-state index contributed by atoms with van der Waals surface area (Å²) in [4.78, 5) is 14.5. The van der Waals surface area contributed by atoms with Crippen molar-refractivity contribution in [1.82, 2.24) is 4.90 Å². The van der Waals surface area contributed by atoms with E-state index in [1.165, 1.54) is 12.8 Å². The van der Waals surface area contributed by atoms with Crippen LogP contribution in [0.4, 0.5) is 0 Å². The molecule has 1 fully saturated rings. The molecule has 1 aromatic carbocycles. The van der Waals surface area contributed by atoms with Gasteiger partial charge in [-0.25, -0.2) is 0 Å². The molecular formula is C16H22BrNO. The fraction of sp³-hybridized carbons (Fsp3) is 0.562. The predicted octanol–water partition coefficient (Wildman–Crippen LogP) is 4.14. The zero-order valence-corrected chi connectivity index (χ0v) is 13.4. The van der Waals surface area contributed by atoms with Gasteiger partial charge in [-0.2, -0.15) is 0 Å². The Labute approximate surface area is 124 Å². The van der Waals surface area contributed by atoms with Crippen LogP contribution in [-0.4, -0.2) is 30.3 Å². The van der Waals surface area contributed by atoms with Gasteiger partial charge in [-0.15, -0.1) is 0 Å². The zero-order valence-electron chi connectivity index (χ0n) is 11.8. The average molecular weight is 324 g/mol. The van der Waals surface area contributed by atoms with Crippen LogP contribution in [0.3, 0.4) is 0 Å². The normalized spacial score (nSPS) is 19.3. The van der Waals surface area contributed by atoms with Crippen molar-refractivity contribution < 1.29 is 4.79 Å². The Balaban J connectivity index is 1.85. The maximum atomic E-state index is 12.1. The van der Waals surface area contributed by atoms with Crippen LogP contribution in [0.15, 0.2) is 28.7 Å². The molecule has 1 aromatic rings. The quantitative estimate of drug-likeness (QED) is 0.776. The number of halogens is 1. The zero-order chi connectivity index (χ0) is 13.9. The van der Waals surface area contributed by atoms with Gasteiger partial charge in [0.15, 0.2) is 5.78 Å². The molecule has 0 bridgehead atoms. The third-order valence-electron chi connectivity index (χ3n) is 3.80. The van der Waals surface area contributed by atoms with E-state index in [0.29, 0.717) is 11.8 Å². The molecule has 0 radical (unpaired) electrons. The number of carbonyl (C=O) groups is 1. The van der Waals surface area contributed by atoms with Crippen LogP contribution in [-0.2, 0) is 0 Å². The maximum Gasteiger partial charge on any atom is 0.164 e. The topological polar surface area (TPSA) is 20.3 Å². The van der Waals surface area contributed by atoms with Crippen molar-refractivity contribution in [3.8, 4) is 0 Å². The van der Waals surface area contributed by atoms with E-state index in [0.717, 1.165) is 29.7 Å². The number of carbonyl (C=O) groups excluding carboxylic acids is 1. The van der Waals surface area contributed by atoms with E-state index in [1.54, 1.807) is 0 Å². The highest BCUT2D eigenvalue weighted by Gasteiger charge is 2.26. The monoisotopic (exact) mass is 323 g/mol. The van der Waals surface area contributed by atoms with E-state index in [-0.39, 0.29) is 5.78 Å². The molecule has 1 aliphatic rings.